The number of rotatable bonds is 6. The number of carbonyl (C=O) groups is 3. The van der Waals surface area contributed by atoms with Crippen LogP contribution in [-0.4, -0.2) is 40.7 Å². The first-order valence-electron chi connectivity index (χ1n) is 10.0. The van der Waals surface area contributed by atoms with E-state index in [2.05, 4.69) is 25.2 Å². The van der Waals surface area contributed by atoms with Crippen LogP contribution in [0.5, 0.6) is 0 Å². The topological polar surface area (TPSA) is 69.7 Å². The molecule has 1 fully saturated rings. The van der Waals surface area contributed by atoms with Crippen molar-refractivity contribution in [1.82, 2.24) is 15.1 Å². The van der Waals surface area contributed by atoms with Gasteiger partial charge in [0.15, 0.2) is 0 Å². The van der Waals surface area contributed by atoms with Gasteiger partial charge in [-0.05, 0) is 50.2 Å². The molecule has 1 aliphatic carbocycles. The Morgan fingerprint density at radius 3 is 2.46 bits per heavy atom. The number of allylic oxidation sites excluding steroid dienone is 2. The molecule has 3 rings (SSSR count). The third kappa shape index (κ3) is 3.55. The zero-order chi connectivity index (χ0) is 20.5. The van der Waals surface area contributed by atoms with Gasteiger partial charge in [0.25, 0.3) is 5.91 Å². The number of hydrogen-bond acceptors (Lipinski definition) is 3. The van der Waals surface area contributed by atoms with Crippen LogP contribution >= 0.6 is 0 Å². The maximum absolute atomic E-state index is 13.1. The minimum absolute atomic E-state index is 0.224. The van der Waals surface area contributed by atoms with Gasteiger partial charge in [-0.1, -0.05) is 44.2 Å². The molecule has 1 unspecified atom stereocenters. The summed E-state index contributed by atoms with van der Waals surface area (Å²) in [6, 6.07) is 7.18. The highest BCUT2D eigenvalue weighted by Crippen LogP contribution is 2.30. The minimum Gasteiger partial charge on any atom is -0.319 e. The summed E-state index contributed by atoms with van der Waals surface area (Å²) < 4.78 is 0. The molecule has 2 aliphatic rings. The van der Waals surface area contributed by atoms with Crippen LogP contribution in [0.25, 0.3) is 0 Å². The average Bonchev–Trinajstić information content (AvgIpc) is 3.26. The molecule has 4 amide bonds. The first kappa shape index (κ1) is 20.1. The molecule has 1 atom stereocenters. The lowest BCUT2D eigenvalue weighted by Gasteiger charge is -2.25. The SMILES string of the molecule is CCN(C(=O)CN1C(=O)NC(C)(c2ccc(C(C)C)cc2)C1=O)C1=CCCC1. The van der Waals surface area contributed by atoms with Crippen LogP contribution in [-0.2, 0) is 15.1 Å². The predicted octanol–water partition coefficient (Wildman–Crippen LogP) is 3.49. The van der Waals surface area contributed by atoms with Crippen LogP contribution in [0, 0.1) is 0 Å². The van der Waals surface area contributed by atoms with Crippen molar-refractivity contribution in [2.45, 2.75) is 58.4 Å². The van der Waals surface area contributed by atoms with Crippen LogP contribution in [0.3, 0.4) is 0 Å². The van der Waals surface area contributed by atoms with Crippen LogP contribution in [0.2, 0.25) is 0 Å². The summed E-state index contributed by atoms with van der Waals surface area (Å²) in [5, 5.41) is 2.78. The lowest BCUT2D eigenvalue weighted by atomic mass is 9.90. The van der Waals surface area contributed by atoms with Crippen LogP contribution in [0.15, 0.2) is 36.0 Å². The van der Waals surface area contributed by atoms with Crippen LogP contribution in [0.1, 0.15) is 64.0 Å². The quantitative estimate of drug-likeness (QED) is 0.765. The molecule has 0 spiro atoms. The molecule has 0 bridgehead atoms. The van der Waals surface area contributed by atoms with E-state index < -0.39 is 11.6 Å². The van der Waals surface area contributed by atoms with E-state index in [1.807, 2.05) is 31.2 Å². The van der Waals surface area contributed by atoms with E-state index in [0.29, 0.717) is 12.5 Å². The Morgan fingerprint density at radius 1 is 1.25 bits per heavy atom. The summed E-state index contributed by atoms with van der Waals surface area (Å²) >= 11 is 0. The molecule has 0 saturated carbocycles. The second kappa shape index (κ2) is 7.78. The summed E-state index contributed by atoms with van der Waals surface area (Å²) in [6.45, 7) is 8.10. The monoisotopic (exact) mass is 383 g/mol. The molecule has 1 aliphatic heterocycles. The van der Waals surface area contributed by atoms with E-state index in [-0.39, 0.29) is 18.4 Å². The van der Waals surface area contributed by atoms with Gasteiger partial charge in [0.05, 0.1) is 0 Å². The Balaban J connectivity index is 1.78. The largest absolute Gasteiger partial charge is 0.325 e. The molecule has 6 nitrogen and oxygen atoms in total. The summed E-state index contributed by atoms with van der Waals surface area (Å²) in [5.41, 5.74) is 1.72. The molecule has 0 radical (unpaired) electrons. The summed E-state index contributed by atoms with van der Waals surface area (Å²) in [5.74, 6) is -0.229. The second-order valence-electron chi connectivity index (χ2n) is 7.95. The Hall–Kier alpha value is -2.63. The number of likely N-dealkylation sites (N-methyl/N-ethyl adjacent to an activating group) is 1. The number of hydrogen-bond donors (Lipinski definition) is 1. The van der Waals surface area contributed by atoms with Crippen molar-refractivity contribution >= 4 is 17.8 Å². The third-order valence-electron chi connectivity index (χ3n) is 5.70. The fourth-order valence-corrected chi connectivity index (χ4v) is 3.90. The molecule has 1 aromatic rings. The minimum atomic E-state index is -1.16. The Morgan fingerprint density at radius 2 is 1.93 bits per heavy atom. The van der Waals surface area contributed by atoms with Crippen molar-refractivity contribution in [3.05, 3.63) is 47.2 Å². The first-order valence-corrected chi connectivity index (χ1v) is 10.0. The molecular weight excluding hydrogens is 354 g/mol. The average molecular weight is 383 g/mol. The highest BCUT2D eigenvalue weighted by atomic mass is 16.2. The number of amides is 4. The maximum atomic E-state index is 13.1. The van der Waals surface area contributed by atoms with Crippen molar-refractivity contribution in [3.63, 3.8) is 0 Å². The number of nitrogens with zero attached hydrogens (tertiary/aromatic N) is 2. The summed E-state index contributed by atoms with van der Waals surface area (Å²) in [4.78, 5) is 41.1. The maximum Gasteiger partial charge on any atom is 0.325 e. The zero-order valence-corrected chi connectivity index (χ0v) is 17.1. The van der Waals surface area contributed by atoms with Crippen LogP contribution in [0.4, 0.5) is 4.79 Å². The van der Waals surface area contributed by atoms with Gasteiger partial charge < -0.3 is 10.2 Å². The lowest BCUT2D eigenvalue weighted by Crippen LogP contribution is -2.44. The van der Waals surface area contributed by atoms with Gasteiger partial charge in [0, 0.05) is 12.2 Å². The molecule has 150 valence electrons. The van der Waals surface area contributed by atoms with E-state index in [0.717, 1.165) is 35.4 Å². The number of benzene rings is 1. The normalized spacial score (nSPS) is 21.9. The Bertz CT molecular complexity index is 813. The highest BCUT2D eigenvalue weighted by molar-refractivity contribution is 6.09. The fraction of sp³-hybridized carbons (Fsp3) is 0.500. The van der Waals surface area contributed by atoms with E-state index in [1.165, 1.54) is 5.56 Å². The van der Waals surface area contributed by atoms with Gasteiger partial charge in [-0.15, -0.1) is 0 Å². The molecule has 0 aromatic heterocycles. The smallest absolute Gasteiger partial charge is 0.319 e. The standard InChI is InChI=1S/C22H29N3O3/c1-5-24(18-8-6-7-9-18)19(26)14-25-20(27)22(4,23-21(25)28)17-12-10-16(11-13-17)15(2)3/h8,10-13,15H,5-7,9,14H2,1-4H3,(H,23,28). The van der Waals surface area contributed by atoms with Gasteiger partial charge >= 0.3 is 6.03 Å². The van der Waals surface area contributed by atoms with E-state index in [4.69, 9.17) is 0 Å². The van der Waals surface area contributed by atoms with Crippen molar-refractivity contribution in [2.75, 3.05) is 13.1 Å². The third-order valence-corrected chi connectivity index (χ3v) is 5.70. The molecule has 28 heavy (non-hydrogen) atoms. The van der Waals surface area contributed by atoms with Crippen molar-refractivity contribution < 1.29 is 14.4 Å². The molecule has 6 heteroatoms. The predicted molar refractivity (Wildman–Crippen MR) is 107 cm³/mol. The van der Waals surface area contributed by atoms with Crippen molar-refractivity contribution in [3.8, 4) is 0 Å². The molecule has 1 saturated heterocycles. The number of urea groups is 1. The van der Waals surface area contributed by atoms with Gasteiger partial charge in [-0.3, -0.25) is 14.5 Å². The van der Waals surface area contributed by atoms with Gasteiger partial charge in [0.2, 0.25) is 5.91 Å². The Kier molecular flexibility index (Phi) is 5.59. The zero-order valence-electron chi connectivity index (χ0n) is 17.1. The van der Waals surface area contributed by atoms with E-state index >= 15 is 0 Å². The molecular formula is C22H29N3O3. The van der Waals surface area contributed by atoms with Crippen molar-refractivity contribution in [1.29, 1.82) is 0 Å². The fourth-order valence-electron chi connectivity index (χ4n) is 3.90. The van der Waals surface area contributed by atoms with E-state index in [9.17, 15) is 14.4 Å². The van der Waals surface area contributed by atoms with Gasteiger partial charge in [-0.25, -0.2) is 4.79 Å². The number of carbonyl (C=O) groups excluding carboxylic acids is 3. The highest BCUT2D eigenvalue weighted by Gasteiger charge is 2.49. The molecule has 1 heterocycles. The van der Waals surface area contributed by atoms with E-state index in [1.54, 1.807) is 11.8 Å². The Labute approximate surface area is 166 Å². The van der Waals surface area contributed by atoms with Crippen LogP contribution < -0.4 is 5.32 Å². The van der Waals surface area contributed by atoms with Crippen molar-refractivity contribution in [2.24, 2.45) is 0 Å². The molecule has 1 aromatic carbocycles. The molecule has 1 N–H and O–H groups in total. The second-order valence-corrected chi connectivity index (χ2v) is 7.95. The summed E-state index contributed by atoms with van der Waals surface area (Å²) in [6.07, 6.45) is 4.92. The number of nitrogens with one attached hydrogen (secondary N) is 1. The van der Waals surface area contributed by atoms with Gasteiger partial charge in [0.1, 0.15) is 12.1 Å². The first-order chi connectivity index (χ1) is 13.3. The van der Waals surface area contributed by atoms with Gasteiger partial charge in [-0.2, -0.15) is 0 Å². The number of imide groups is 1. The summed E-state index contributed by atoms with van der Waals surface area (Å²) in [7, 11) is 0. The lowest BCUT2D eigenvalue weighted by molar-refractivity contribution is -0.137.